The van der Waals surface area contributed by atoms with E-state index in [-0.39, 0.29) is 35.0 Å². The van der Waals surface area contributed by atoms with Crippen molar-refractivity contribution < 1.29 is 27.1 Å². The monoisotopic (exact) mass is 553 g/mol. The number of benzene rings is 1. The van der Waals surface area contributed by atoms with Crippen molar-refractivity contribution in [3.05, 3.63) is 83.2 Å². The van der Waals surface area contributed by atoms with Gasteiger partial charge in [-0.25, -0.2) is 14.4 Å². The van der Waals surface area contributed by atoms with Gasteiger partial charge >= 0.3 is 6.18 Å². The van der Waals surface area contributed by atoms with Crippen molar-refractivity contribution in [2.24, 2.45) is 17.6 Å². The summed E-state index contributed by atoms with van der Waals surface area (Å²) in [5.41, 5.74) is 6.96. The third-order valence-electron chi connectivity index (χ3n) is 7.52. The van der Waals surface area contributed by atoms with Gasteiger partial charge in [0, 0.05) is 43.4 Å². The molecule has 0 bridgehead atoms. The number of aryl methyl sites for hydroxylation is 1. The van der Waals surface area contributed by atoms with Crippen molar-refractivity contribution in [1.29, 1.82) is 0 Å². The molecule has 3 aromatic heterocycles. The number of carbonyl (C=O) groups excluding carboxylic acids is 1. The van der Waals surface area contributed by atoms with Crippen molar-refractivity contribution >= 4 is 11.6 Å². The van der Waals surface area contributed by atoms with Gasteiger partial charge in [0.05, 0.1) is 28.1 Å². The van der Waals surface area contributed by atoms with Gasteiger partial charge in [-0.2, -0.15) is 13.2 Å². The number of halogens is 4. The number of hydrogen-bond donors (Lipinski definition) is 1. The Hall–Kier alpha value is -3.99. The Balaban J connectivity index is 1.19. The number of nitrogens with zero attached hydrogens (tertiary/aromatic N) is 4. The fraction of sp³-hybridized carbons (Fsp3) is 0.345. The van der Waals surface area contributed by atoms with Crippen LogP contribution in [0.4, 0.5) is 17.6 Å². The number of carbonyl (C=O) groups is 1. The van der Waals surface area contributed by atoms with Crippen LogP contribution < -0.4 is 10.5 Å². The number of rotatable bonds is 5. The molecule has 11 heteroatoms. The summed E-state index contributed by atoms with van der Waals surface area (Å²) in [7, 11) is 0. The van der Waals surface area contributed by atoms with E-state index >= 15 is 0 Å². The van der Waals surface area contributed by atoms with Crippen LogP contribution in [0.1, 0.15) is 41.2 Å². The molecule has 7 nitrogen and oxygen atoms in total. The topological polar surface area (TPSA) is 85.8 Å². The van der Waals surface area contributed by atoms with Crippen LogP contribution >= 0.6 is 0 Å². The maximum absolute atomic E-state index is 13.7. The van der Waals surface area contributed by atoms with Crippen LogP contribution in [0.15, 0.2) is 54.9 Å². The van der Waals surface area contributed by atoms with Crippen LogP contribution in [0.3, 0.4) is 0 Å². The molecule has 2 aliphatic rings. The minimum atomic E-state index is -4.65. The molecule has 3 atom stereocenters. The van der Waals surface area contributed by atoms with Gasteiger partial charge in [0.25, 0.3) is 5.91 Å². The zero-order chi connectivity index (χ0) is 28.6. The molecule has 4 aromatic rings. The molecule has 1 saturated carbocycles. The van der Waals surface area contributed by atoms with E-state index in [2.05, 4.69) is 9.97 Å². The first-order valence-electron chi connectivity index (χ1n) is 12.9. The Kier molecular flexibility index (Phi) is 5.92. The quantitative estimate of drug-likeness (QED) is 0.343. The van der Waals surface area contributed by atoms with E-state index in [1.807, 2.05) is 19.9 Å². The maximum Gasteiger partial charge on any atom is 0.420 e. The highest BCUT2D eigenvalue weighted by Gasteiger charge is 2.59. The molecule has 1 amide bonds. The summed E-state index contributed by atoms with van der Waals surface area (Å²) in [6, 6.07) is 10.6. The summed E-state index contributed by atoms with van der Waals surface area (Å²) in [6.45, 7) is 5.99. The largest absolute Gasteiger partial charge is 0.474 e. The Bertz CT molecular complexity index is 1610. The lowest BCUT2D eigenvalue weighted by atomic mass is 9.97. The zero-order valence-electron chi connectivity index (χ0n) is 22.0. The lowest BCUT2D eigenvalue weighted by Gasteiger charge is -2.22. The predicted molar refractivity (Wildman–Crippen MR) is 139 cm³/mol. The van der Waals surface area contributed by atoms with Crippen LogP contribution in [0, 0.1) is 24.6 Å². The van der Waals surface area contributed by atoms with Crippen molar-refractivity contribution in [2.75, 3.05) is 13.1 Å². The van der Waals surface area contributed by atoms with Crippen LogP contribution in [0.25, 0.3) is 16.8 Å². The molecule has 1 unspecified atom stereocenters. The van der Waals surface area contributed by atoms with E-state index in [1.54, 1.807) is 30.0 Å². The van der Waals surface area contributed by atoms with Gasteiger partial charge in [0.1, 0.15) is 17.6 Å². The second kappa shape index (κ2) is 9.02. The summed E-state index contributed by atoms with van der Waals surface area (Å²) in [4.78, 5) is 23.4. The number of piperidine rings is 1. The molecule has 208 valence electrons. The number of hydrogen-bond acceptors (Lipinski definition) is 5. The van der Waals surface area contributed by atoms with E-state index in [9.17, 15) is 22.4 Å². The van der Waals surface area contributed by atoms with Crippen molar-refractivity contribution in [1.82, 2.24) is 19.3 Å². The maximum atomic E-state index is 13.7. The molecule has 6 rings (SSSR count). The van der Waals surface area contributed by atoms with E-state index in [1.165, 1.54) is 28.9 Å². The summed E-state index contributed by atoms with van der Waals surface area (Å²) in [5.74, 6) is -0.350. The highest BCUT2D eigenvalue weighted by Crippen LogP contribution is 2.48. The van der Waals surface area contributed by atoms with Crippen molar-refractivity contribution in [2.45, 2.75) is 38.6 Å². The number of fused-ring (bicyclic) bond motifs is 2. The van der Waals surface area contributed by atoms with Crippen LogP contribution in [0.2, 0.25) is 0 Å². The number of ether oxygens (including phenoxy) is 1. The molecule has 0 radical (unpaired) electrons. The predicted octanol–water partition coefficient (Wildman–Crippen LogP) is 5.21. The normalized spacial score (nSPS) is 20.6. The molecular weight excluding hydrogens is 526 g/mol. The third kappa shape index (κ3) is 4.78. The minimum Gasteiger partial charge on any atom is -0.474 e. The zero-order valence-corrected chi connectivity index (χ0v) is 22.0. The second-order valence-electron chi connectivity index (χ2n) is 11.2. The molecule has 1 saturated heterocycles. The second-order valence-corrected chi connectivity index (χ2v) is 11.2. The molecule has 1 aliphatic heterocycles. The molecule has 1 aromatic carbocycles. The van der Waals surface area contributed by atoms with Gasteiger partial charge in [-0.05, 0) is 56.2 Å². The summed E-state index contributed by atoms with van der Waals surface area (Å²) in [6.07, 6.45) is -1.96. The fourth-order valence-corrected chi connectivity index (χ4v) is 5.39. The van der Waals surface area contributed by atoms with Crippen molar-refractivity contribution in [3.63, 3.8) is 0 Å². The Labute approximate surface area is 227 Å². The van der Waals surface area contributed by atoms with Crippen LogP contribution in [0.5, 0.6) is 5.88 Å². The highest BCUT2D eigenvalue weighted by molar-refractivity contribution is 5.95. The standard InChI is InChI=1S/C29H27F4N5O2/c1-15-11-37-12-18(8-22(26(37)35-15)29(31,32)33)27(39)38-13-20-21(14-38)25(20)40-24-10-17(9-23(36-24)28(2,3)34)16-4-6-19(30)7-5-16/h4-12,20-21,25H,13-14,34H2,1-3H3/t20-,21+,25?. The minimum absolute atomic E-state index is 0.0378. The van der Waals surface area contributed by atoms with Gasteiger partial charge in [-0.3, -0.25) is 4.79 Å². The molecule has 4 heterocycles. The molecule has 0 spiro atoms. The smallest absolute Gasteiger partial charge is 0.420 e. The first-order valence-corrected chi connectivity index (χ1v) is 12.9. The van der Waals surface area contributed by atoms with Gasteiger partial charge < -0.3 is 19.8 Å². The average Bonchev–Trinajstić information content (AvgIpc) is 3.19. The Morgan fingerprint density at radius 3 is 2.30 bits per heavy atom. The number of pyridine rings is 2. The first-order chi connectivity index (χ1) is 18.8. The Morgan fingerprint density at radius 2 is 1.68 bits per heavy atom. The molecule has 2 N–H and O–H groups in total. The number of imidazole rings is 1. The van der Waals surface area contributed by atoms with Gasteiger partial charge in [0.15, 0.2) is 0 Å². The third-order valence-corrected chi connectivity index (χ3v) is 7.52. The van der Waals surface area contributed by atoms with Crippen LogP contribution in [-0.2, 0) is 11.7 Å². The van der Waals surface area contributed by atoms with Crippen LogP contribution in [-0.4, -0.2) is 44.4 Å². The summed E-state index contributed by atoms with van der Waals surface area (Å²) >= 11 is 0. The fourth-order valence-electron chi connectivity index (χ4n) is 5.39. The lowest BCUT2D eigenvalue weighted by Crippen LogP contribution is -2.34. The number of aromatic nitrogens is 3. The van der Waals surface area contributed by atoms with E-state index in [4.69, 9.17) is 10.5 Å². The molecule has 40 heavy (non-hydrogen) atoms. The first kappa shape index (κ1) is 26.2. The van der Waals surface area contributed by atoms with E-state index < -0.39 is 23.2 Å². The SMILES string of the molecule is Cc1cn2cc(C(=O)N3C[C@@H]4C(Oc5cc(-c6ccc(F)cc6)cc(C(C)(C)N)n5)[C@@H]4C3)cc(C(F)(F)F)c2n1. The number of likely N-dealkylation sites (tertiary alicyclic amines) is 1. The molecular formula is C29H27F4N5O2. The van der Waals surface area contributed by atoms with Gasteiger partial charge in [0.2, 0.25) is 5.88 Å². The number of alkyl halides is 3. The summed E-state index contributed by atoms with van der Waals surface area (Å²) in [5, 5.41) is 0. The Morgan fingerprint density at radius 1 is 1.00 bits per heavy atom. The summed E-state index contributed by atoms with van der Waals surface area (Å²) < 4.78 is 62.1. The highest BCUT2D eigenvalue weighted by atomic mass is 19.4. The average molecular weight is 554 g/mol. The van der Waals surface area contributed by atoms with Crippen molar-refractivity contribution in [3.8, 4) is 17.0 Å². The van der Waals surface area contributed by atoms with Gasteiger partial charge in [-0.15, -0.1) is 0 Å². The number of amides is 1. The lowest BCUT2D eigenvalue weighted by molar-refractivity contribution is -0.136. The van der Waals surface area contributed by atoms with E-state index in [0.717, 1.165) is 17.2 Å². The number of nitrogens with two attached hydrogens (primary N) is 1. The van der Waals surface area contributed by atoms with Gasteiger partial charge in [-0.1, -0.05) is 12.1 Å². The molecule has 1 aliphatic carbocycles. The van der Waals surface area contributed by atoms with E-state index in [0.29, 0.717) is 30.4 Å². The molecule has 2 fully saturated rings.